The van der Waals surface area contributed by atoms with Gasteiger partial charge < -0.3 is 15.7 Å². The highest BCUT2D eigenvalue weighted by molar-refractivity contribution is 5.24. The molecule has 5 heteroatoms. The second-order valence-corrected chi connectivity index (χ2v) is 5.54. The predicted octanol–water partition coefficient (Wildman–Crippen LogP) is 0.376. The number of nitrogens with one attached hydrogen (secondary N) is 2. The second kappa shape index (κ2) is 6.03. The van der Waals surface area contributed by atoms with Crippen molar-refractivity contribution in [1.29, 1.82) is 0 Å². The van der Waals surface area contributed by atoms with Crippen molar-refractivity contribution in [2.24, 2.45) is 0 Å². The molecule has 1 aliphatic rings. The Kier molecular flexibility index (Phi) is 4.60. The zero-order valence-electron chi connectivity index (χ0n) is 12.3. The molecule has 2 heterocycles. The van der Waals surface area contributed by atoms with Crippen LogP contribution in [-0.2, 0) is 13.0 Å². The fourth-order valence-corrected chi connectivity index (χ4v) is 2.82. The van der Waals surface area contributed by atoms with E-state index >= 15 is 0 Å². The van der Waals surface area contributed by atoms with Crippen LogP contribution in [0, 0.1) is 13.8 Å². The monoisotopic (exact) mass is 266 g/mol. The van der Waals surface area contributed by atoms with E-state index in [0.29, 0.717) is 13.1 Å². The summed E-state index contributed by atoms with van der Waals surface area (Å²) < 4.78 is 2.05. The summed E-state index contributed by atoms with van der Waals surface area (Å²) in [5, 5.41) is 21.3. The maximum atomic E-state index is 10.2. The highest BCUT2D eigenvalue weighted by Gasteiger charge is 2.30. The molecule has 0 amide bonds. The number of β-amino-alcohol motifs (C(OH)–C–C–N with tert-alkyl or cyclic N) is 1. The number of aromatic nitrogens is 2. The molecule has 19 heavy (non-hydrogen) atoms. The summed E-state index contributed by atoms with van der Waals surface area (Å²) >= 11 is 0. The Morgan fingerprint density at radius 3 is 2.84 bits per heavy atom. The highest BCUT2D eigenvalue weighted by Crippen LogP contribution is 2.14. The summed E-state index contributed by atoms with van der Waals surface area (Å²) in [5.41, 5.74) is 3.17. The van der Waals surface area contributed by atoms with Crippen LogP contribution in [0.5, 0.6) is 0 Å². The fourth-order valence-electron chi connectivity index (χ4n) is 2.82. The van der Waals surface area contributed by atoms with Gasteiger partial charge in [0.15, 0.2) is 0 Å². The molecule has 0 radical (unpaired) electrons. The van der Waals surface area contributed by atoms with Gasteiger partial charge in [0, 0.05) is 25.3 Å². The molecule has 1 aliphatic heterocycles. The molecular weight excluding hydrogens is 240 g/mol. The Labute approximate surface area is 115 Å². The van der Waals surface area contributed by atoms with Gasteiger partial charge in [-0.2, -0.15) is 5.10 Å². The highest BCUT2D eigenvalue weighted by atomic mass is 16.3. The van der Waals surface area contributed by atoms with Crippen molar-refractivity contribution in [3.8, 4) is 0 Å². The molecule has 0 saturated carbocycles. The molecule has 3 N–H and O–H groups in total. The van der Waals surface area contributed by atoms with E-state index in [1.165, 1.54) is 11.3 Å². The molecule has 1 aromatic heterocycles. The summed E-state index contributed by atoms with van der Waals surface area (Å²) in [6.07, 6.45) is 1.81. The minimum absolute atomic E-state index is 0.558. The van der Waals surface area contributed by atoms with Crippen LogP contribution in [0.2, 0.25) is 0 Å². The van der Waals surface area contributed by atoms with Crippen molar-refractivity contribution in [1.82, 2.24) is 20.4 Å². The average molecular weight is 266 g/mol. The van der Waals surface area contributed by atoms with E-state index in [2.05, 4.69) is 41.2 Å². The van der Waals surface area contributed by atoms with Crippen LogP contribution in [0.25, 0.3) is 0 Å². The Morgan fingerprint density at radius 2 is 2.26 bits per heavy atom. The molecule has 1 unspecified atom stereocenters. The van der Waals surface area contributed by atoms with Crippen molar-refractivity contribution in [3.05, 3.63) is 17.0 Å². The van der Waals surface area contributed by atoms with Gasteiger partial charge in [0.25, 0.3) is 0 Å². The maximum absolute atomic E-state index is 10.2. The van der Waals surface area contributed by atoms with Crippen LogP contribution in [0.3, 0.4) is 0 Å². The zero-order valence-corrected chi connectivity index (χ0v) is 12.3. The van der Waals surface area contributed by atoms with Crippen molar-refractivity contribution in [2.75, 3.05) is 26.2 Å². The molecular formula is C14H26N4O. The Bertz CT molecular complexity index is 421. The molecule has 108 valence electrons. The van der Waals surface area contributed by atoms with Crippen molar-refractivity contribution in [2.45, 2.75) is 45.8 Å². The lowest BCUT2D eigenvalue weighted by Crippen LogP contribution is -2.42. The second-order valence-electron chi connectivity index (χ2n) is 5.54. The van der Waals surface area contributed by atoms with E-state index in [9.17, 15) is 5.11 Å². The lowest BCUT2D eigenvalue weighted by Gasteiger charge is -2.21. The Balaban J connectivity index is 1.81. The minimum atomic E-state index is -0.558. The normalized spacial score (nSPS) is 23.2. The van der Waals surface area contributed by atoms with Crippen LogP contribution in [-0.4, -0.2) is 46.7 Å². The van der Waals surface area contributed by atoms with Gasteiger partial charge in [0.2, 0.25) is 0 Å². The Morgan fingerprint density at radius 1 is 1.47 bits per heavy atom. The topological polar surface area (TPSA) is 62.1 Å². The molecule has 0 spiro atoms. The number of nitrogens with zero attached hydrogens (tertiary/aromatic N) is 2. The number of rotatable bonds is 6. The van der Waals surface area contributed by atoms with Gasteiger partial charge in [0.1, 0.15) is 0 Å². The van der Waals surface area contributed by atoms with Gasteiger partial charge in [0.05, 0.1) is 11.3 Å². The molecule has 5 nitrogen and oxygen atoms in total. The molecule has 1 saturated heterocycles. The third-order valence-corrected chi connectivity index (χ3v) is 4.06. The molecule has 0 aliphatic carbocycles. The third kappa shape index (κ3) is 3.35. The fraction of sp³-hybridized carbons (Fsp3) is 0.786. The first kappa shape index (κ1) is 14.5. The zero-order chi connectivity index (χ0) is 13.9. The number of aryl methyl sites for hydroxylation is 2. The van der Waals surface area contributed by atoms with Gasteiger partial charge in [-0.15, -0.1) is 0 Å². The van der Waals surface area contributed by atoms with Crippen molar-refractivity contribution < 1.29 is 5.11 Å². The molecule has 1 atom stereocenters. The molecule has 2 rings (SSSR count). The summed E-state index contributed by atoms with van der Waals surface area (Å²) in [6.45, 7) is 10.4. The maximum Gasteiger partial charge on any atom is 0.0907 e. The van der Waals surface area contributed by atoms with Crippen LogP contribution >= 0.6 is 0 Å². The van der Waals surface area contributed by atoms with Gasteiger partial charge >= 0.3 is 0 Å². The molecule has 1 aromatic rings. The van der Waals surface area contributed by atoms with Crippen LogP contribution in [0.15, 0.2) is 0 Å². The molecule has 0 bridgehead atoms. The molecule has 1 fully saturated rings. The van der Waals surface area contributed by atoms with Gasteiger partial charge in [-0.25, -0.2) is 0 Å². The van der Waals surface area contributed by atoms with Crippen LogP contribution < -0.4 is 10.6 Å². The van der Waals surface area contributed by atoms with E-state index in [4.69, 9.17) is 0 Å². The first-order chi connectivity index (χ1) is 9.06. The lowest BCUT2D eigenvalue weighted by molar-refractivity contribution is 0.0615. The standard InChI is InChI=1S/C14H26N4O/c1-4-18-12(3)13(11(2)17-18)5-7-15-9-14(19)6-8-16-10-14/h15-16,19H,4-10H2,1-3H3. The van der Waals surface area contributed by atoms with Crippen LogP contribution in [0.4, 0.5) is 0 Å². The van der Waals surface area contributed by atoms with Crippen LogP contribution in [0.1, 0.15) is 30.3 Å². The largest absolute Gasteiger partial charge is 0.387 e. The third-order valence-electron chi connectivity index (χ3n) is 4.06. The summed E-state index contributed by atoms with van der Waals surface area (Å²) in [4.78, 5) is 0. The first-order valence-corrected chi connectivity index (χ1v) is 7.22. The smallest absolute Gasteiger partial charge is 0.0907 e. The predicted molar refractivity (Wildman–Crippen MR) is 76.4 cm³/mol. The lowest BCUT2D eigenvalue weighted by atomic mass is 10.0. The first-order valence-electron chi connectivity index (χ1n) is 7.22. The van der Waals surface area contributed by atoms with E-state index in [1.807, 2.05) is 0 Å². The quantitative estimate of drug-likeness (QED) is 0.651. The average Bonchev–Trinajstić information content (AvgIpc) is 2.92. The molecule has 0 aromatic carbocycles. The number of hydrogen-bond donors (Lipinski definition) is 3. The summed E-state index contributed by atoms with van der Waals surface area (Å²) in [7, 11) is 0. The van der Waals surface area contributed by atoms with E-state index < -0.39 is 5.60 Å². The van der Waals surface area contributed by atoms with Gasteiger partial charge in [-0.3, -0.25) is 4.68 Å². The number of aliphatic hydroxyl groups is 1. The van der Waals surface area contributed by atoms with Gasteiger partial charge in [-0.05, 0) is 52.3 Å². The van der Waals surface area contributed by atoms with Crippen molar-refractivity contribution in [3.63, 3.8) is 0 Å². The Hall–Kier alpha value is -0.910. The van der Waals surface area contributed by atoms with E-state index in [-0.39, 0.29) is 0 Å². The number of hydrogen-bond acceptors (Lipinski definition) is 4. The van der Waals surface area contributed by atoms with Crippen molar-refractivity contribution >= 4 is 0 Å². The summed E-state index contributed by atoms with van der Waals surface area (Å²) in [5.74, 6) is 0. The SMILES string of the molecule is CCn1nc(C)c(CCNCC2(O)CCNC2)c1C. The minimum Gasteiger partial charge on any atom is -0.387 e. The van der Waals surface area contributed by atoms with E-state index in [0.717, 1.165) is 38.2 Å². The van der Waals surface area contributed by atoms with E-state index in [1.54, 1.807) is 0 Å². The van der Waals surface area contributed by atoms with Gasteiger partial charge in [-0.1, -0.05) is 0 Å². The summed E-state index contributed by atoms with van der Waals surface area (Å²) in [6, 6.07) is 0.